The van der Waals surface area contributed by atoms with Gasteiger partial charge in [0.15, 0.2) is 10.8 Å². The molecule has 0 unspecified atom stereocenters. The maximum atomic E-state index is 10.4. The molecule has 0 spiro atoms. The smallest absolute Gasteiger partial charge is 0.311 e. The molecule has 0 saturated carbocycles. The number of aromatic nitrogens is 4. The number of hydrogen-bond donors (Lipinski definition) is 2. The van der Waals surface area contributed by atoms with Crippen LogP contribution in [0, 0.1) is 0 Å². The Kier molecular flexibility index (Phi) is 2.05. The monoisotopic (exact) mass is 212 g/mol. The van der Waals surface area contributed by atoms with Crippen LogP contribution in [0.15, 0.2) is 6.33 Å². The second-order valence-electron chi connectivity index (χ2n) is 2.62. The van der Waals surface area contributed by atoms with Crippen molar-refractivity contribution in [3.05, 3.63) is 17.3 Å². The Morgan fingerprint density at radius 1 is 1.57 bits per heavy atom. The van der Waals surface area contributed by atoms with Crippen molar-refractivity contribution in [2.75, 3.05) is 0 Å². The number of imidazole rings is 1. The van der Waals surface area contributed by atoms with E-state index in [2.05, 4.69) is 19.9 Å². The normalized spacial score (nSPS) is 10.6. The second-order valence-corrected chi connectivity index (χ2v) is 2.98. The quantitative estimate of drug-likeness (QED) is 0.713. The van der Waals surface area contributed by atoms with Crippen LogP contribution in [-0.4, -0.2) is 31.0 Å². The van der Waals surface area contributed by atoms with Gasteiger partial charge < -0.3 is 10.1 Å². The van der Waals surface area contributed by atoms with Crippen LogP contribution in [0.25, 0.3) is 11.2 Å². The molecular formula is C7H5ClN4O2. The average Bonchev–Trinajstić information content (AvgIpc) is 2.47. The molecule has 0 saturated heterocycles. The van der Waals surface area contributed by atoms with Crippen molar-refractivity contribution >= 4 is 28.7 Å². The van der Waals surface area contributed by atoms with Crippen molar-refractivity contribution in [1.29, 1.82) is 0 Å². The fourth-order valence-corrected chi connectivity index (χ4v) is 1.25. The number of carboxylic acids is 1. The molecular weight excluding hydrogens is 208 g/mol. The molecule has 0 atom stereocenters. The molecule has 14 heavy (non-hydrogen) atoms. The van der Waals surface area contributed by atoms with E-state index in [0.717, 1.165) is 0 Å². The third-order valence-electron chi connectivity index (χ3n) is 1.61. The van der Waals surface area contributed by atoms with E-state index in [1.807, 2.05) is 0 Å². The lowest BCUT2D eigenvalue weighted by atomic mass is 10.4. The molecule has 0 radical (unpaired) electrons. The van der Waals surface area contributed by atoms with Crippen molar-refractivity contribution < 1.29 is 9.90 Å². The molecule has 2 N–H and O–H groups in total. The molecule has 0 fully saturated rings. The number of aromatic amines is 1. The Hall–Kier alpha value is -1.69. The summed E-state index contributed by atoms with van der Waals surface area (Å²) in [4.78, 5) is 24.7. The highest BCUT2D eigenvalue weighted by molar-refractivity contribution is 6.33. The van der Waals surface area contributed by atoms with Crippen LogP contribution in [0.4, 0.5) is 0 Å². The van der Waals surface area contributed by atoms with Crippen molar-refractivity contribution in [1.82, 2.24) is 19.9 Å². The number of carbonyl (C=O) groups is 1. The average molecular weight is 213 g/mol. The van der Waals surface area contributed by atoms with Crippen molar-refractivity contribution in [2.45, 2.75) is 6.42 Å². The first kappa shape index (κ1) is 8.89. The molecule has 2 rings (SSSR count). The lowest BCUT2D eigenvalue weighted by Gasteiger charge is -1.88. The Morgan fingerprint density at radius 2 is 2.36 bits per heavy atom. The number of carboxylic acid groups (broad SMARTS) is 1. The highest BCUT2D eigenvalue weighted by Gasteiger charge is 2.09. The van der Waals surface area contributed by atoms with Crippen molar-refractivity contribution in [2.24, 2.45) is 0 Å². The predicted octanol–water partition coefficient (Wildman–Crippen LogP) is 0.633. The van der Waals surface area contributed by atoms with Crippen LogP contribution < -0.4 is 0 Å². The van der Waals surface area contributed by atoms with Gasteiger partial charge in [-0.25, -0.2) is 15.0 Å². The number of rotatable bonds is 2. The Bertz CT molecular complexity index is 495. The maximum absolute atomic E-state index is 10.4. The first-order valence-electron chi connectivity index (χ1n) is 3.73. The lowest BCUT2D eigenvalue weighted by molar-refractivity contribution is -0.136. The summed E-state index contributed by atoms with van der Waals surface area (Å²) in [5, 5.41) is 8.77. The van der Waals surface area contributed by atoms with Crippen LogP contribution in [-0.2, 0) is 11.2 Å². The van der Waals surface area contributed by atoms with Crippen LogP contribution >= 0.6 is 11.6 Å². The summed E-state index contributed by atoms with van der Waals surface area (Å²) in [6.45, 7) is 0. The molecule has 0 aliphatic carbocycles. The molecule has 0 amide bonds. The van der Waals surface area contributed by atoms with Crippen LogP contribution in [0.1, 0.15) is 5.82 Å². The predicted molar refractivity (Wildman–Crippen MR) is 48.0 cm³/mol. The zero-order chi connectivity index (χ0) is 10.1. The molecule has 7 heteroatoms. The summed E-state index contributed by atoms with van der Waals surface area (Å²) in [6.07, 6.45) is 1.09. The van der Waals surface area contributed by atoms with E-state index >= 15 is 0 Å². The number of nitrogens with zero attached hydrogens (tertiary/aromatic N) is 3. The van der Waals surface area contributed by atoms with E-state index in [9.17, 15) is 4.79 Å². The highest BCUT2D eigenvalue weighted by atomic mass is 35.5. The van der Waals surface area contributed by atoms with E-state index in [4.69, 9.17) is 16.7 Å². The topological polar surface area (TPSA) is 91.8 Å². The third kappa shape index (κ3) is 1.51. The maximum Gasteiger partial charge on any atom is 0.311 e. The minimum Gasteiger partial charge on any atom is -0.481 e. The molecule has 2 heterocycles. The number of aliphatic carboxylic acids is 1. The minimum absolute atomic E-state index is 0.188. The van der Waals surface area contributed by atoms with E-state index in [-0.39, 0.29) is 11.6 Å². The number of halogens is 1. The van der Waals surface area contributed by atoms with E-state index in [1.165, 1.54) is 6.33 Å². The molecule has 2 aromatic heterocycles. The first-order chi connectivity index (χ1) is 6.66. The zero-order valence-electron chi connectivity index (χ0n) is 6.86. The van der Waals surface area contributed by atoms with Gasteiger partial charge in [-0.15, -0.1) is 0 Å². The van der Waals surface area contributed by atoms with Gasteiger partial charge in [-0.1, -0.05) is 11.6 Å². The molecule has 0 aliphatic rings. The Balaban J connectivity index is 2.51. The summed E-state index contributed by atoms with van der Waals surface area (Å²) in [5.74, 6) is -0.650. The van der Waals surface area contributed by atoms with Gasteiger partial charge >= 0.3 is 5.97 Å². The van der Waals surface area contributed by atoms with Gasteiger partial charge in [0, 0.05) is 0 Å². The van der Waals surface area contributed by atoms with Gasteiger partial charge in [0.1, 0.15) is 24.1 Å². The fraction of sp³-hybridized carbons (Fsp3) is 0.143. The van der Waals surface area contributed by atoms with Gasteiger partial charge in [0.2, 0.25) is 0 Å². The number of nitrogens with one attached hydrogen (secondary N) is 1. The van der Waals surface area contributed by atoms with Gasteiger partial charge in [0.05, 0.1) is 0 Å². The van der Waals surface area contributed by atoms with E-state index in [1.54, 1.807) is 0 Å². The summed E-state index contributed by atoms with van der Waals surface area (Å²) in [7, 11) is 0. The number of fused-ring (bicyclic) bond motifs is 1. The van der Waals surface area contributed by atoms with Crippen LogP contribution in [0.2, 0.25) is 5.15 Å². The SMILES string of the molecule is O=C(O)Cc1nc2ncnc(Cl)c2[nH]1. The van der Waals surface area contributed by atoms with Gasteiger partial charge in [-0.3, -0.25) is 4.79 Å². The molecule has 0 bridgehead atoms. The first-order valence-corrected chi connectivity index (χ1v) is 4.11. The zero-order valence-corrected chi connectivity index (χ0v) is 7.62. The van der Waals surface area contributed by atoms with Crippen LogP contribution in [0.5, 0.6) is 0 Å². The molecule has 6 nitrogen and oxygen atoms in total. The van der Waals surface area contributed by atoms with Gasteiger partial charge in [-0.2, -0.15) is 0 Å². The minimum atomic E-state index is -0.965. The van der Waals surface area contributed by atoms with Crippen molar-refractivity contribution in [3.63, 3.8) is 0 Å². The fourth-order valence-electron chi connectivity index (χ4n) is 1.07. The summed E-state index contributed by atoms with van der Waals surface area (Å²) in [6, 6.07) is 0. The van der Waals surface area contributed by atoms with E-state index in [0.29, 0.717) is 17.0 Å². The molecule has 2 aromatic rings. The van der Waals surface area contributed by atoms with Gasteiger partial charge in [0.25, 0.3) is 0 Å². The Labute approximate surface area is 83.0 Å². The van der Waals surface area contributed by atoms with Crippen LogP contribution in [0.3, 0.4) is 0 Å². The standard InChI is InChI=1S/C7H5ClN4O2/c8-6-5-7(10-2-9-6)12-3(11-5)1-4(13)14/h2H,1H2,(H,13,14)(H,9,10,11,12). The molecule has 0 aromatic carbocycles. The van der Waals surface area contributed by atoms with Gasteiger partial charge in [-0.05, 0) is 0 Å². The molecule has 0 aliphatic heterocycles. The molecule has 72 valence electrons. The largest absolute Gasteiger partial charge is 0.481 e. The third-order valence-corrected chi connectivity index (χ3v) is 1.90. The highest BCUT2D eigenvalue weighted by Crippen LogP contribution is 2.16. The summed E-state index contributed by atoms with van der Waals surface area (Å²) >= 11 is 5.74. The summed E-state index contributed by atoms with van der Waals surface area (Å²) < 4.78 is 0. The second kappa shape index (κ2) is 3.22. The van der Waals surface area contributed by atoms with Crippen molar-refractivity contribution in [3.8, 4) is 0 Å². The summed E-state index contributed by atoms with van der Waals surface area (Å²) in [5.41, 5.74) is 0.840. The number of hydrogen-bond acceptors (Lipinski definition) is 4. The Morgan fingerprint density at radius 3 is 3.00 bits per heavy atom. The number of H-pyrrole nitrogens is 1. The lowest BCUT2D eigenvalue weighted by Crippen LogP contribution is -2.01. The van der Waals surface area contributed by atoms with E-state index < -0.39 is 5.97 Å².